The molecule has 19 heavy (non-hydrogen) atoms. The van der Waals surface area contributed by atoms with Crippen molar-refractivity contribution in [3.63, 3.8) is 0 Å². The lowest BCUT2D eigenvalue weighted by atomic mass is 9.65. The summed E-state index contributed by atoms with van der Waals surface area (Å²) in [6, 6.07) is 0.699. The van der Waals surface area contributed by atoms with E-state index in [4.69, 9.17) is 4.74 Å². The maximum atomic E-state index is 5.79. The Bertz CT molecular complexity index is 258. The van der Waals surface area contributed by atoms with Crippen molar-refractivity contribution in [2.75, 3.05) is 13.2 Å². The summed E-state index contributed by atoms with van der Waals surface area (Å²) in [5, 5.41) is 3.78. The van der Waals surface area contributed by atoms with E-state index in [9.17, 15) is 0 Å². The maximum absolute atomic E-state index is 5.79. The Balaban J connectivity index is 1.89. The smallest absolute Gasteiger partial charge is 0.0576 e. The van der Waals surface area contributed by atoms with Gasteiger partial charge >= 0.3 is 0 Å². The van der Waals surface area contributed by atoms with Gasteiger partial charge in [0, 0.05) is 12.6 Å². The Kier molecular flexibility index (Phi) is 5.70. The monoisotopic (exact) mass is 267 g/mol. The van der Waals surface area contributed by atoms with Crippen LogP contribution in [0.4, 0.5) is 0 Å². The van der Waals surface area contributed by atoms with Crippen LogP contribution < -0.4 is 5.32 Å². The quantitative estimate of drug-likeness (QED) is 0.781. The zero-order valence-electron chi connectivity index (χ0n) is 13.2. The third kappa shape index (κ3) is 4.19. The van der Waals surface area contributed by atoms with Crippen LogP contribution in [0.5, 0.6) is 0 Å². The Labute approximate surface area is 119 Å². The highest BCUT2D eigenvalue weighted by molar-refractivity contribution is 4.90. The lowest BCUT2D eigenvalue weighted by molar-refractivity contribution is 0.0711. The molecule has 0 radical (unpaired) electrons. The summed E-state index contributed by atoms with van der Waals surface area (Å²) in [6.45, 7) is 9.30. The van der Waals surface area contributed by atoms with Gasteiger partial charge in [-0.1, -0.05) is 33.6 Å². The van der Waals surface area contributed by atoms with Gasteiger partial charge in [-0.05, 0) is 56.4 Å². The van der Waals surface area contributed by atoms with E-state index in [1.165, 1.54) is 51.4 Å². The lowest BCUT2D eigenvalue weighted by Crippen LogP contribution is -2.45. The number of rotatable bonds is 6. The molecular formula is C17H33NO. The fourth-order valence-corrected chi connectivity index (χ4v) is 4.21. The van der Waals surface area contributed by atoms with Gasteiger partial charge in [-0.15, -0.1) is 0 Å². The van der Waals surface area contributed by atoms with E-state index in [1.54, 1.807) is 0 Å². The molecule has 2 aliphatic rings. The molecule has 1 saturated heterocycles. The maximum Gasteiger partial charge on any atom is 0.0576 e. The highest BCUT2D eigenvalue weighted by Gasteiger charge is 2.37. The van der Waals surface area contributed by atoms with Crippen LogP contribution in [-0.2, 0) is 4.74 Å². The number of hydrogen-bond acceptors (Lipinski definition) is 2. The van der Waals surface area contributed by atoms with E-state index in [2.05, 4.69) is 26.1 Å². The standard InChI is InChI=1S/C17H33NO/c1-4-18-16(11-10-14-8-7-13-19-14)15-9-5-6-12-17(15,2)3/h14-16,18H,4-13H2,1-3H3. The number of nitrogens with one attached hydrogen (secondary N) is 1. The van der Waals surface area contributed by atoms with Gasteiger partial charge in [0.1, 0.15) is 0 Å². The van der Waals surface area contributed by atoms with Crippen LogP contribution in [-0.4, -0.2) is 25.3 Å². The second-order valence-corrected chi connectivity index (χ2v) is 7.22. The van der Waals surface area contributed by atoms with Crippen LogP contribution in [0.3, 0.4) is 0 Å². The summed E-state index contributed by atoms with van der Waals surface area (Å²) in [7, 11) is 0. The lowest BCUT2D eigenvalue weighted by Gasteiger charge is -2.44. The van der Waals surface area contributed by atoms with Gasteiger partial charge < -0.3 is 10.1 Å². The summed E-state index contributed by atoms with van der Waals surface area (Å²) in [6.07, 6.45) is 11.3. The molecule has 0 spiro atoms. The Morgan fingerprint density at radius 2 is 2.05 bits per heavy atom. The first kappa shape index (κ1) is 15.3. The van der Waals surface area contributed by atoms with Gasteiger partial charge in [-0.25, -0.2) is 0 Å². The fraction of sp³-hybridized carbons (Fsp3) is 1.00. The second-order valence-electron chi connectivity index (χ2n) is 7.22. The van der Waals surface area contributed by atoms with Crippen molar-refractivity contribution >= 4 is 0 Å². The fourth-order valence-electron chi connectivity index (χ4n) is 4.21. The summed E-state index contributed by atoms with van der Waals surface area (Å²) in [4.78, 5) is 0. The summed E-state index contributed by atoms with van der Waals surface area (Å²) >= 11 is 0. The van der Waals surface area contributed by atoms with Crippen molar-refractivity contribution in [3.05, 3.63) is 0 Å². The van der Waals surface area contributed by atoms with Crippen molar-refractivity contribution in [2.45, 2.75) is 84.3 Å². The molecule has 0 bridgehead atoms. The van der Waals surface area contributed by atoms with Crippen LogP contribution in [0.25, 0.3) is 0 Å². The molecule has 2 rings (SSSR count). The van der Waals surface area contributed by atoms with Gasteiger partial charge in [0.15, 0.2) is 0 Å². The van der Waals surface area contributed by atoms with Crippen LogP contribution in [0.1, 0.15) is 72.1 Å². The topological polar surface area (TPSA) is 21.3 Å². The van der Waals surface area contributed by atoms with Crippen LogP contribution in [0, 0.1) is 11.3 Å². The molecule has 1 saturated carbocycles. The molecule has 2 heteroatoms. The summed E-state index contributed by atoms with van der Waals surface area (Å²) < 4.78 is 5.79. The zero-order valence-corrected chi connectivity index (χ0v) is 13.2. The molecule has 0 aromatic rings. The molecule has 3 atom stereocenters. The summed E-state index contributed by atoms with van der Waals surface area (Å²) in [5.74, 6) is 0.850. The predicted octanol–water partition coefficient (Wildman–Crippen LogP) is 4.14. The zero-order chi connectivity index (χ0) is 13.7. The SMILES string of the molecule is CCNC(CCC1CCCO1)C1CCCCC1(C)C. The van der Waals surface area contributed by atoms with Gasteiger partial charge in [0.2, 0.25) is 0 Å². The molecule has 2 nitrogen and oxygen atoms in total. The van der Waals surface area contributed by atoms with Gasteiger partial charge in [0.25, 0.3) is 0 Å². The normalized spacial score (nSPS) is 32.4. The molecule has 1 heterocycles. The van der Waals surface area contributed by atoms with Crippen molar-refractivity contribution in [2.24, 2.45) is 11.3 Å². The van der Waals surface area contributed by atoms with Gasteiger partial charge in [-0.3, -0.25) is 0 Å². The minimum Gasteiger partial charge on any atom is -0.378 e. The molecule has 3 unspecified atom stereocenters. The first-order valence-corrected chi connectivity index (χ1v) is 8.48. The number of ether oxygens (including phenoxy) is 1. The van der Waals surface area contributed by atoms with E-state index in [0.29, 0.717) is 17.6 Å². The Morgan fingerprint density at radius 3 is 2.68 bits per heavy atom. The molecule has 0 aromatic heterocycles. The Morgan fingerprint density at radius 1 is 1.21 bits per heavy atom. The molecule has 0 aromatic carbocycles. The minimum absolute atomic E-state index is 0.515. The van der Waals surface area contributed by atoms with E-state index in [0.717, 1.165) is 19.1 Å². The second kappa shape index (κ2) is 7.08. The van der Waals surface area contributed by atoms with E-state index < -0.39 is 0 Å². The third-order valence-corrected chi connectivity index (χ3v) is 5.37. The molecule has 0 amide bonds. The predicted molar refractivity (Wildman–Crippen MR) is 81.4 cm³/mol. The van der Waals surface area contributed by atoms with Crippen LogP contribution >= 0.6 is 0 Å². The molecule has 2 fully saturated rings. The van der Waals surface area contributed by atoms with Crippen molar-refractivity contribution in [1.82, 2.24) is 5.32 Å². The van der Waals surface area contributed by atoms with Crippen LogP contribution in [0.15, 0.2) is 0 Å². The van der Waals surface area contributed by atoms with E-state index >= 15 is 0 Å². The van der Waals surface area contributed by atoms with Gasteiger partial charge in [0.05, 0.1) is 6.10 Å². The summed E-state index contributed by atoms with van der Waals surface area (Å²) in [5.41, 5.74) is 0.515. The van der Waals surface area contributed by atoms with E-state index in [-0.39, 0.29) is 0 Å². The Hall–Kier alpha value is -0.0800. The molecular weight excluding hydrogens is 234 g/mol. The molecule has 1 aliphatic carbocycles. The van der Waals surface area contributed by atoms with Gasteiger partial charge in [-0.2, -0.15) is 0 Å². The first-order valence-electron chi connectivity index (χ1n) is 8.48. The highest BCUT2D eigenvalue weighted by atomic mass is 16.5. The van der Waals surface area contributed by atoms with Crippen LogP contribution in [0.2, 0.25) is 0 Å². The first-order chi connectivity index (χ1) is 9.13. The largest absolute Gasteiger partial charge is 0.378 e. The highest BCUT2D eigenvalue weighted by Crippen LogP contribution is 2.43. The van der Waals surface area contributed by atoms with Crippen molar-refractivity contribution in [1.29, 1.82) is 0 Å². The van der Waals surface area contributed by atoms with E-state index in [1.807, 2.05) is 0 Å². The average Bonchev–Trinajstić information content (AvgIpc) is 2.87. The third-order valence-electron chi connectivity index (χ3n) is 5.37. The number of hydrogen-bond donors (Lipinski definition) is 1. The van der Waals surface area contributed by atoms with Crippen molar-refractivity contribution < 1.29 is 4.74 Å². The average molecular weight is 267 g/mol. The molecule has 112 valence electrons. The molecule has 1 aliphatic heterocycles. The van der Waals surface area contributed by atoms with Crippen molar-refractivity contribution in [3.8, 4) is 0 Å². The minimum atomic E-state index is 0.515. The molecule has 1 N–H and O–H groups in total.